The highest BCUT2D eigenvalue weighted by Gasteiger charge is 2.28. The molecule has 3 nitrogen and oxygen atoms in total. The van der Waals surface area contributed by atoms with Crippen LogP contribution in [0.25, 0.3) is 0 Å². The minimum absolute atomic E-state index is 0.185. The summed E-state index contributed by atoms with van der Waals surface area (Å²) >= 11 is 0. The smallest absolute Gasteiger partial charge is 0.0589 e. The van der Waals surface area contributed by atoms with Crippen LogP contribution in [-0.4, -0.2) is 49.8 Å². The fraction of sp³-hybridized carbons (Fsp3) is 1.00. The van der Waals surface area contributed by atoms with Gasteiger partial charge in [-0.1, -0.05) is 20.8 Å². The van der Waals surface area contributed by atoms with Gasteiger partial charge in [0.15, 0.2) is 0 Å². The van der Waals surface area contributed by atoms with Gasteiger partial charge < -0.3 is 10.1 Å². The lowest BCUT2D eigenvalue weighted by Gasteiger charge is -2.39. The van der Waals surface area contributed by atoms with E-state index < -0.39 is 0 Å². The average molecular weight is 287 g/mol. The SMILES string of the molecule is CCC(C)N(CCOC)CC(C)(CC)CNC(C)(C)C. The topological polar surface area (TPSA) is 24.5 Å². The number of hydrogen-bond acceptors (Lipinski definition) is 3. The van der Waals surface area contributed by atoms with Crippen molar-refractivity contribution in [1.82, 2.24) is 10.2 Å². The van der Waals surface area contributed by atoms with E-state index in [4.69, 9.17) is 4.74 Å². The standard InChI is InChI=1S/C17H38N2O/c1-9-15(3)19(11-12-20-8)14-17(7,10-2)13-18-16(4,5)6/h15,18H,9-14H2,1-8H3. The normalized spacial score (nSPS) is 17.2. The summed E-state index contributed by atoms with van der Waals surface area (Å²) in [6.07, 6.45) is 2.38. The van der Waals surface area contributed by atoms with Crippen molar-refractivity contribution >= 4 is 0 Å². The first-order chi connectivity index (χ1) is 9.17. The van der Waals surface area contributed by atoms with Crippen LogP contribution in [0.4, 0.5) is 0 Å². The van der Waals surface area contributed by atoms with E-state index in [0.29, 0.717) is 11.5 Å². The molecule has 3 heteroatoms. The van der Waals surface area contributed by atoms with E-state index in [1.54, 1.807) is 7.11 Å². The summed E-state index contributed by atoms with van der Waals surface area (Å²) < 4.78 is 5.27. The van der Waals surface area contributed by atoms with Crippen LogP contribution in [-0.2, 0) is 4.74 Å². The second-order valence-electron chi connectivity index (χ2n) is 7.49. The van der Waals surface area contributed by atoms with Gasteiger partial charge in [-0.05, 0) is 46.0 Å². The van der Waals surface area contributed by atoms with E-state index in [0.717, 1.165) is 26.2 Å². The first kappa shape index (κ1) is 19.9. The number of methoxy groups -OCH3 is 1. The third-order valence-electron chi connectivity index (χ3n) is 4.28. The maximum Gasteiger partial charge on any atom is 0.0589 e. The predicted octanol–water partition coefficient (Wildman–Crippen LogP) is 3.54. The van der Waals surface area contributed by atoms with Gasteiger partial charge in [0.25, 0.3) is 0 Å². The van der Waals surface area contributed by atoms with Gasteiger partial charge in [0.1, 0.15) is 0 Å². The van der Waals surface area contributed by atoms with Crippen LogP contribution in [0.1, 0.15) is 61.3 Å². The number of ether oxygens (including phenoxy) is 1. The number of nitrogens with zero attached hydrogens (tertiary/aromatic N) is 1. The lowest BCUT2D eigenvalue weighted by Crippen LogP contribution is -2.49. The average Bonchev–Trinajstić information content (AvgIpc) is 2.39. The van der Waals surface area contributed by atoms with Crippen molar-refractivity contribution < 1.29 is 4.74 Å². The highest BCUT2D eigenvalue weighted by molar-refractivity contribution is 4.84. The summed E-state index contributed by atoms with van der Waals surface area (Å²) in [6.45, 7) is 20.0. The van der Waals surface area contributed by atoms with Crippen LogP contribution in [0.5, 0.6) is 0 Å². The fourth-order valence-corrected chi connectivity index (χ4v) is 2.18. The first-order valence-electron chi connectivity index (χ1n) is 8.15. The molecule has 0 spiro atoms. The van der Waals surface area contributed by atoms with Gasteiger partial charge >= 0.3 is 0 Å². The third-order valence-corrected chi connectivity index (χ3v) is 4.28. The Kier molecular flexibility index (Phi) is 8.96. The highest BCUT2D eigenvalue weighted by Crippen LogP contribution is 2.24. The first-order valence-corrected chi connectivity index (χ1v) is 8.15. The third kappa shape index (κ3) is 8.23. The van der Waals surface area contributed by atoms with Crippen LogP contribution >= 0.6 is 0 Å². The van der Waals surface area contributed by atoms with E-state index in [1.807, 2.05) is 0 Å². The molecule has 0 aromatic rings. The Bertz CT molecular complexity index is 250. The highest BCUT2D eigenvalue weighted by atomic mass is 16.5. The molecule has 2 unspecified atom stereocenters. The molecule has 0 aromatic carbocycles. The fourth-order valence-electron chi connectivity index (χ4n) is 2.18. The molecular weight excluding hydrogens is 248 g/mol. The Morgan fingerprint density at radius 1 is 1.15 bits per heavy atom. The minimum Gasteiger partial charge on any atom is -0.383 e. The molecule has 0 aromatic heterocycles. The van der Waals surface area contributed by atoms with E-state index in [9.17, 15) is 0 Å². The Hall–Kier alpha value is -0.120. The Morgan fingerprint density at radius 3 is 2.15 bits per heavy atom. The quantitative estimate of drug-likeness (QED) is 0.665. The molecule has 0 saturated heterocycles. The van der Waals surface area contributed by atoms with Gasteiger partial charge in [0.2, 0.25) is 0 Å². The van der Waals surface area contributed by atoms with Gasteiger partial charge in [-0.25, -0.2) is 0 Å². The van der Waals surface area contributed by atoms with E-state index in [1.165, 1.54) is 12.8 Å². The van der Waals surface area contributed by atoms with E-state index >= 15 is 0 Å². The molecule has 0 aliphatic heterocycles. The minimum atomic E-state index is 0.185. The van der Waals surface area contributed by atoms with Gasteiger partial charge in [-0.2, -0.15) is 0 Å². The van der Waals surface area contributed by atoms with Crippen molar-refractivity contribution in [3.63, 3.8) is 0 Å². The molecule has 0 radical (unpaired) electrons. The molecule has 0 rings (SSSR count). The zero-order valence-electron chi connectivity index (χ0n) is 15.2. The molecule has 0 amide bonds. The molecule has 0 bridgehead atoms. The molecular formula is C17H38N2O. The molecule has 1 N–H and O–H groups in total. The van der Waals surface area contributed by atoms with E-state index in [-0.39, 0.29) is 5.54 Å². The molecule has 20 heavy (non-hydrogen) atoms. The molecule has 2 atom stereocenters. The number of nitrogens with one attached hydrogen (secondary N) is 1. The van der Waals surface area contributed by atoms with Crippen molar-refractivity contribution in [3.8, 4) is 0 Å². The number of rotatable bonds is 10. The predicted molar refractivity (Wildman–Crippen MR) is 89.4 cm³/mol. The maximum absolute atomic E-state index is 5.27. The summed E-state index contributed by atoms with van der Waals surface area (Å²) in [7, 11) is 1.79. The van der Waals surface area contributed by atoms with Crippen LogP contribution in [0.15, 0.2) is 0 Å². The van der Waals surface area contributed by atoms with Crippen molar-refractivity contribution in [2.45, 2.75) is 72.9 Å². The van der Waals surface area contributed by atoms with Crippen LogP contribution in [0.2, 0.25) is 0 Å². The Balaban J connectivity index is 4.66. The van der Waals surface area contributed by atoms with Crippen LogP contribution in [0.3, 0.4) is 0 Å². The number of hydrogen-bond donors (Lipinski definition) is 1. The monoisotopic (exact) mass is 286 g/mol. The maximum atomic E-state index is 5.27. The summed E-state index contributed by atoms with van der Waals surface area (Å²) in [5.41, 5.74) is 0.495. The molecule has 0 fully saturated rings. The van der Waals surface area contributed by atoms with Gasteiger partial charge in [-0.15, -0.1) is 0 Å². The Labute approximate surface area is 127 Å². The summed E-state index contributed by atoms with van der Waals surface area (Å²) in [4.78, 5) is 2.58. The van der Waals surface area contributed by atoms with Crippen molar-refractivity contribution in [1.29, 1.82) is 0 Å². The lowest BCUT2D eigenvalue weighted by molar-refractivity contribution is 0.0784. The molecule has 0 aliphatic carbocycles. The van der Waals surface area contributed by atoms with Gasteiger partial charge in [0, 0.05) is 38.3 Å². The molecule has 0 heterocycles. The van der Waals surface area contributed by atoms with Gasteiger partial charge in [-0.3, -0.25) is 4.90 Å². The van der Waals surface area contributed by atoms with E-state index in [2.05, 4.69) is 58.7 Å². The summed E-state index contributed by atoms with van der Waals surface area (Å²) in [5.74, 6) is 0. The summed E-state index contributed by atoms with van der Waals surface area (Å²) in [6, 6.07) is 0.616. The second-order valence-corrected chi connectivity index (χ2v) is 7.49. The zero-order valence-corrected chi connectivity index (χ0v) is 15.2. The molecule has 0 saturated carbocycles. The second kappa shape index (κ2) is 9.01. The Morgan fingerprint density at radius 2 is 1.75 bits per heavy atom. The zero-order chi connectivity index (χ0) is 15.8. The molecule has 0 aliphatic rings. The van der Waals surface area contributed by atoms with Gasteiger partial charge in [0.05, 0.1) is 6.61 Å². The van der Waals surface area contributed by atoms with Crippen molar-refractivity contribution in [2.75, 3.05) is 33.4 Å². The van der Waals surface area contributed by atoms with Crippen LogP contribution in [0, 0.1) is 5.41 Å². The van der Waals surface area contributed by atoms with Crippen molar-refractivity contribution in [3.05, 3.63) is 0 Å². The largest absolute Gasteiger partial charge is 0.383 e. The lowest BCUT2D eigenvalue weighted by atomic mass is 9.85. The summed E-state index contributed by atoms with van der Waals surface area (Å²) in [5, 5.41) is 3.67. The van der Waals surface area contributed by atoms with Crippen LogP contribution < -0.4 is 5.32 Å². The van der Waals surface area contributed by atoms with Crippen molar-refractivity contribution in [2.24, 2.45) is 5.41 Å². The molecule has 122 valence electrons.